The average molecular weight is 538 g/mol. The maximum absolute atomic E-state index is 13.4. The first-order valence-electron chi connectivity index (χ1n) is 12.8. The van der Waals surface area contributed by atoms with Crippen LogP contribution in [0.25, 0.3) is 11.3 Å². The lowest BCUT2D eigenvalue weighted by atomic mass is 9.90. The lowest BCUT2D eigenvalue weighted by Gasteiger charge is -2.36. The minimum Gasteiger partial charge on any atom is -0.384 e. The Bertz CT molecular complexity index is 1420. The zero-order chi connectivity index (χ0) is 27.7. The van der Waals surface area contributed by atoms with Crippen LogP contribution < -0.4 is 20.3 Å². The molecular weight excluding hydrogens is 502 g/mol. The molecule has 1 atom stereocenters. The van der Waals surface area contributed by atoms with Crippen LogP contribution in [0.1, 0.15) is 51.4 Å². The Labute approximate surface area is 224 Å². The van der Waals surface area contributed by atoms with Gasteiger partial charge in [0.05, 0.1) is 11.3 Å². The van der Waals surface area contributed by atoms with Crippen LogP contribution in [0.15, 0.2) is 53.7 Å². The van der Waals surface area contributed by atoms with E-state index >= 15 is 0 Å². The molecule has 1 unspecified atom stereocenters. The number of aromatic nitrogens is 3. The second-order valence-electron chi connectivity index (χ2n) is 9.98. The number of carbonyl (C=O) groups is 1. The SMILES string of the molecule is CCN(CC)c1ccc(-c2ccc(C(=O)NS(=O)(=O)c3cccc(N)n3)c(N3CCC(C)C3(C)C)n2)cn1. The van der Waals surface area contributed by atoms with Crippen LogP contribution in [0.5, 0.6) is 0 Å². The normalized spacial score (nSPS) is 16.9. The van der Waals surface area contributed by atoms with Gasteiger partial charge in [-0.25, -0.2) is 19.7 Å². The van der Waals surface area contributed by atoms with Crippen molar-refractivity contribution in [2.24, 2.45) is 5.92 Å². The van der Waals surface area contributed by atoms with Crippen molar-refractivity contribution in [2.75, 3.05) is 35.2 Å². The summed E-state index contributed by atoms with van der Waals surface area (Å²) in [5.74, 6) is 0.913. The highest BCUT2D eigenvalue weighted by molar-refractivity contribution is 7.90. The van der Waals surface area contributed by atoms with Crippen molar-refractivity contribution >= 4 is 33.4 Å². The standard InChI is InChI=1S/C27H35N7O3S/c1-6-33(7-2)23-14-11-19(17-29-23)21-13-12-20(25(30-21)34-16-15-18(3)27(34,4)5)26(35)32-38(36,37)24-10-8-9-22(28)31-24/h8-14,17-18H,6-7,15-16H2,1-5H3,(H2,28,31)(H,32,35). The number of hydrogen-bond donors (Lipinski definition) is 2. The van der Waals surface area contributed by atoms with Gasteiger partial charge in [-0.1, -0.05) is 13.0 Å². The summed E-state index contributed by atoms with van der Waals surface area (Å²) in [5.41, 5.74) is 6.96. The molecule has 11 heteroatoms. The summed E-state index contributed by atoms with van der Waals surface area (Å²) in [7, 11) is -4.24. The van der Waals surface area contributed by atoms with Crippen molar-refractivity contribution in [3.8, 4) is 11.3 Å². The van der Waals surface area contributed by atoms with Crippen LogP contribution in [0.3, 0.4) is 0 Å². The molecule has 0 aromatic carbocycles. The summed E-state index contributed by atoms with van der Waals surface area (Å²) in [4.78, 5) is 31.0. The van der Waals surface area contributed by atoms with Crippen LogP contribution in [0.2, 0.25) is 0 Å². The first-order chi connectivity index (χ1) is 18.0. The molecule has 3 aromatic heterocycles. The topological polar surface area (TPSA) is 134 Å². The first-order valence-corrected chi connectivity index (χ1v) is 14.3. The number of pyridine rings is 3. The second-order valence-corrected chi connectivity index (χ2v) is 11.6. The maximum atomic E-state index is 13.4. The molecule has 1 fully saturated rings. The van der Waals surface area contributed by atoms with Gasteiger partial charge < -0.3 is 15.5 Å². The van der Waals surface area contributed by atoms with Gasteiger partial charge in [0.2, 0.25) is 0 Å². The highest BCUT2D eigenvalue weighted by atomic mass is 32.2. The molecule has 0 saturated carbocycles. The first kappa shape index (κ1) is 27.3. The van der Waals surface area contributed by atoms with Gasteiger partial charge in [-0.3, -0.25) is 4.79 Å². The van der Waals surface area contributed by atoms with Crippen molar-refractivity contribution in [3.63, 3.8) is 0 Å². The minimum atomic E-state index is -4.24. The lowest BCUT2D eigenvalue weighted by Crippen LogP contribution is -2.43. The van der Waals surface area contributed by atoms with Gasteiger partial charge in [-0.15, -0.1) is 0 Å². The number of nitrogens with zero attached hydrogens (tertiary/aromatic N) is 5. The monoisotopic (exact) mass is 537 g/mol. The molecule has 10 nitrogen and oxygen atoms in total. The van der Waals surface area contributed by atoms with E-state index in [0.29, 0.717) is 24.0 Å². The van der Waals surface area contributed by atoms with E-state index in [4.69, 9.17) is 10.7 Å². The Balaban J connectivity index is 1.74. The number of nitrogens with two attached hydrogens (primary N) is 1. The van der Waals surface area contributed by atoms with Crippen molar-refractivity contribution < 1.29 is 13.2 Å². The van der Waals surface area contributed by atoms with E-state index < -0.39 is 15.9 Å². The highest BCUT2D eigenvalue weighted by Gasteiger charge is 2.41. The van der Waals surface area contributed by atoms with E-state index in [9.17, 15) is 13.2 Å². The van der Waals surface area contributed by atoms with Crippen LogP contribution in [0.4, 0.5) is 17.5 Å². The summed E-state index contributed by atoms with van der Waals surface area (Å²) >= 11 is 0. The molecule has 0 bridgehead atoms. The van der Waals surface area contributed by atoms with Crippen LogP contribution in [-0.2, 0) is 10.0 Å². The molecule has 1 saturated heterocycles. The molecule has 4 rings (SSSR count). The van der Waals surface area contributed by atoms with Gasteiger partial charge in [-0.2, -0.15) is 8.42 Å². The number of nitrogens with one attached hydrogen (secondary N) is 1. The van der Waals surface area contributed by atoms with Gasteiger partial charge in [0.1, 0.15) is 17.5 Å². The number of carbonyl (C=O) groups excluding carboxylic acids is 1. The van der Waals surface area contributed by atoms with Crippen LogP contribution >= 0.6 is 0 Å². The second kappa shape index (κ2) is 10.6. The summed E-state index contributed by atoms with van der Waals surface area (Å²) in [5, 5.41) is -0.327. The molecule has 0 aliphatic carbocycles. The molecule has 3 aromatic rings. The zero-order valence-corrected chi connectivity index (χ0v) is 23.3. The van der Waals surface area contributed by atoms with Crippen molar-refractivity contribution in [1.82, 2.24) is 19.7 Å². The highest BCUT2D eigenvalue weighted by Crippen LogP contribution is 2.39. The molecule has 1 aliphatic heterocycles. The van der Waals surface area contributed by atoms with Gasteiger partial charge in [-0.05, 0) is 76.4 Å². The van der Waals surface area contributed by atoms with Crippen molar-refractivity contribution in [2.45, 2.75) is 51.6 Å². The molecule has 38 heavy (non-hydrogen) atoms. The van der Waals surface area contributed by atoms with Crippen molar-refractivity contribution in [3.05, 3.63) is 54.2 Å². The van der Waals surface area contributed by atoms with Crippen molar-refractivity contribution in [1.29, 1.82) is 0 Å². The third-order valence-corrected chi connectivity index (χ3v) is 8.67. The number of hydrogen-bond acceptors (Lipinski definition) is 9. The van der Waals surface area contributed by atoms with Gasteiger partial charge in [0, 0.05) is 36.9 Å². The number of anilines is 3. The van der Waals surface area contributed by atoms with E-state index in [1.54, 1.807) is 18.3 Å². The molecule has 0 spiro atoms. The minimum absolute atomic E-state index is 0.0421. The molecule has 0 radical (unpaired) electrons. The Morgan fingerprint density at radius 3 is 2.45 bits per heavy atom. The fraction of sp³-hybridized carbons (Fsp3) is 0.407. The summed E-state index contributed by atoms with van der Waals surface area (Å²) < 4.78 is 28.0. The summed E-state index contributed by atoms with van der Waals surface area (Å²) in [6, 6.07) is 11.5. The van der Waals surface area contributed by atoms with Gasteiger partial charge in [0.15, 0.2) is 5.03 Å². The predicted molar refractivity (Wildman–Crippen MR) is 150 cm³/mol. The molecule has 202 valence electrons. The Morgan fingerprint density at radius 1 is 1.13 bits per heavy atom. The third kappa shape index (κ3) is 5.28. The molecule has 3 N–H and O–H groups in total. The predicted octanol–water partition coefficient (Wildman–Crippen LogP) is 3.71. The number of sulfonamides is 1. The van der Waals surface area contributed by atoms with Gasteiger partial charge >= 0.3 is 0 Å². The van der Waals surface area contributed by atoms with E-state index in [2.05, 4.69) is 59.1 Å². The number of nitrogen functional groups attached to an aromatic ring is 1. The maximum Gasteiger partial charge on any atom is 0.281 e. The van der Waals surface area contributed by atoms with E-state index in [0.717, 1.165) is 30.9 Å². The summed E-state index contributed by atoms with van der Waals surface area (Å²) in [6.45, 7) is 12.9. The molecular formula is C27H35N7O3S. The van der Waals surface area contributed by atoms with E-state index in [1.807, 2.05) is 12.1 Å². The van der Waals surface area contributed by atoms with Gasteiger partial charge in [0.25, 0.3) is 15.9 Å². The smallest absolute Gasteiger partial charge is 0.281 e. The van der Waals surface area contributed by atoms with E-state index in [1.165, 1.54) is 18.2 Å². The fourth-order valence-electron chi connectivity index (χ4n) is 4.68. The molecule has 1 amide bonds. The van der Waals surface area contributed by atoms with E-state index in [-0.39, 0.29) is 21.9 Å². The number of amides is 1. The van der Waals surface area contributed by atoms with Crippen LogP contribution in [0, 0.1) is 5.92 Å². The third-order valence-electron chi connectivity index (χ3n) is 7.44. The van der Waals surface area contributed by atoms with Crippen LogP contribution in [-0.4, -0.2) is 54.5 Å². The Morgan fingerprint density at radius 2 is 1.87 bits per heavy atom. The average Bonchev–Trinajstić information content (AvgIpc) is 3.16. The fourth-order valence-corrected chi connectivity index (χ4v) is 5.63. The number of rotatable bonds is 8. The summed E-state index contributed by atoms with van der Waals surface area (Å²) in [6.07, 6.45) is 2.69. The molecule has 4 heterocycles. The Kier molecular flexibility index (Phi) is 7.59. The molecule has 1 aliphatic rings. The Hall–Kier alpha value is -3.73. The lowest BCUT2D eigenvalue weighted by molar-refractivity contribution is 0.0981. The largest absolute Gasteiger partial charge is 0.384 e. The zero-order valence-electron chi connectivity index (χ0n) is 22.5. The quantitative estimate of drug-likeness (QED) is 0.441.